The Labute approximate surface area is 134 Å². The topological polar surface area (TPSA) is 106 Å². The number of nitrogen functional groups attached to an aromatic ring is 2. The van der Waals surface area contributed by atoms with Gasteiger partial charge in [0.25, 0.3) is 0 Å². The predicted molar refractivity (Wildman–Crippen MR) is 89.7 cm³/mol. The number of nitrogens with zero attached hydrogens (tertiary/aromatic N) is 2. The number of ether oxygens (including phenoxy) is 3. The minimum atomic E-state index is 0.131. The van der Waals surface area contributed by atoms with Crippen LogP contribution in [-0.2, 0) is 0 Å². The minimum Gasteiger partial charge on any atom is -0.493 e. The van der Waals surface area contributed by atoms with Crippen LogP contribution in [0.25, 0.3) is 5.57 Å². The highest BCUT2D eigenvalue weighted by Gasteiger charge is 2.17. The van der Waals surface area contributed by atoms with Crippen LogP contribution in [0.15, 0.2) is 24.4 Å². The van der Waals surface area contributed by atoms with Crippen LogP contribution >= 0.6 is 0 Å². The van der Waals surface area contributed by atoms with Gasteiger partial charge in [0, 0.05) is 11.8 Å². The highest BCUT2D eigenvalue weighted by molar-refractivity contribution is 5.85. The molecule has 0 atom stereocenters. The maximum Gasteiger partial charge on any atom is 0.221 e. The molecule has 2 aromatic rings. The van der Waals surface area contributed by atoms with Crippen LogP contribution in [0, 0.1) is 0 Å². The van der Waals surface area contributed by atoms with Crippen molar-refractivity contribution in [2.24, 2.45) is 0 Å². The Bertz CT molecular complexity index is 719. The summed E-state index contributed by atoms with van der Waals surface area (Å²) >= 11 is 0. The first-order chi connectivity index (χ1) is 11.0. The lowest BCUT2D eigenvalue weighted by molar-refractivity contribution is 0.324. The Balaban J connectivity index is 2.63. The van der Waals surface area contributed by atoms with Gasteiger partial charge in [0.2, 0.25) is 11.7 Å². The number of hydrogen-bond acceptors (Lipinski definition) is 7. The number of nitrogens with two attached hydrogens (primary N) is 2. The predicted octanol–water partition coefficient (Wildman–Crippen LogP) is 2.12. The molecule has 2 rings (SSSR count). The lowest BCUT2D eigenvalue weighted by atomic mass is 9.98. The van der Waals surface area contributed by atoms with Crippen molar-refractivity contribution in [2.45, 2.75) is 6.92 Å². The zero-order valence-electron chi connectivity index (χ0n) is 13.6. The summed E-state index contributed by atoms with van der Waals surface area (Å²) in [6, 6.07) is 3.68. The van der Waals surface area contributed by atoms with Gasteiger partial charge < -0.3 is 25.7 Å². The summed E-state index contributed by atoms with van der Waals surface area (Å²) in [6.45, 7) is 1.90. The molecule has 0 unspecified atom stereocenters. The minimum absolute atomic E-state index is 0.131. The molecular formula is C16H20N4O3. The number of benzene rings is 1. The largest absolute Gasteiger partial charge is 0.493 e. The maximum absolute atomic E-state index is 5.97. The molecule has 0 bridgehead atoms. The maximum atomic E-state index is 5.97. The van der Waals surface area contributed by atoms with Gasteiger partial charge in [-0.1, -0.05) is 6.08 Å². The Hall–Kier alpha value is -2.96. The van der Waals surface area contributed by atoms with E-state index in [4.69, 9.17) is 25.7 Å². The fraction of sp³-hybridized carbons (Fsp3) is 0.250. The lowest BCUT2D eigenvalue weighted by Gasteiger charge is -2.16. The highest BCUT2D eigenvalue weighted by Crippen LogP contribution is 2.41. The van der Waals surface area contributed by atoms with E-state index in [1.807, 2.05) is 25.1 Å². The van der Waals surface area contributed by atoms with Crippen LogP contribution < -0.4 is 25.7 Å². The van der Waals surface area contributed by atoms with E-state index in [-0.39, 0.29) is 5.95 Å². The van der Waals surface area contributed by atoms with Crippen LogP contribution in [0.2, 0.25) is 0 Å². The number of allylic oxidation sites excluding steroid dienone is 1. The zero-order chi connectivity index (χ0) is 17.0. The second kappa shape index (κ2) is 6.87. The fourth-order valence-electron chi connectivity index (χ4n) is 2.33. The highest BCUT2D eigenvalue weighted by atomic mass is 16.5. The van der Waals surface area contributed by atoms with Crippen molar-refractivity contribution >= 4 is 17.3 Å². The standard InChI is InChI=1S/C16H20N4O3/c1-5-10(11-8-19-16(18)20-15(11)17)9-6-12(21-2)14(23-4)13(7-9)22-3/h5-8H,1-4H3,(H4,17,18,19,20)/b10-5-. The van der Waals surface area contributed by atoms with Crippen LogP contribution in [0.1, 0.15) is 18.1 Å². The van der Waals surface area contributed by atoms with E-state index < -0.39 is 0 Å². The van der Waals surface area contributed by atoms with E-state index in [0.29, 0.717) is 28.6 Å². The second-order valence-electron chi connectivity index (χ2n) is 4.64. The van der Waals surface area contributed by atoms with Gasteiger partial charge >= 0.3 is 0 Å². The average molecular weight is 316 g/mol. The first kappa shape index (κ1) is 16.4. The summed E-state index contributed by atoms with van der Waals surface area (Å²) in [5, 5.41) is 0. The van der Waals surface area contributed by atoms with Gasteiger partial charge in [-0.3, -0.25) is 0 Å². The van der Waals surface area contributed by atoms with Gasteiger partial charge in [0.15, 0.2) is 11.5 Å². The Morgan fingerprint density at radius 3 is 2.09 bits per heavy atom. The summed E-state index contributed by atoms with van der Waals surface area (Å²) in [6.07, 6.45) is 3.50. The number of aromatic nitrogens is 2. The quantitative estimate of drug-likeness (QED) is 0.870. The Morgan fingerprint density at radius 2 is 1.65 bits per heavy atom. The number of anilines is 2. The molecule has 7 nitrogen and oxygen atoms in total. The van der Waals surface area contributed by atoms with Gasteiger partial charge in [0.1, 0.15) is 5.82 Å². The van der Waals surface area contributed by atoms with Crippen LogP contribution in [0.5, 0.6) is 17.2 Å². The Morgan fingerprint density at radius 1 is 1.04 bits per heavy atom. The van der Waals surface area contributed by atoms with Crippen molar-refractivity contribution < 1.29 is 14.2 Å². The SMILES string of the molecule is C/C=C(/c1cc(OC)c(OC)c(OC)c1)c1cnc(N)nc1N. The van der Waals surface area contributed by atoms with Crippen molar-refractivity contribution in [3.63, 3.8) is 0 Å². The monoisotopic (exact) mass is 316 g/mol. The van der Waals surface area contributed by atoms with E-state index in [1.165, 1.54) is 0 Å². The molecular weight excluding hydrogens is 296 g/mol. The molecule has 0 spiro atoms. The third-order valence-electron chi connectivity index (χ3n) is 3.39. The Kier molecular flexibility index (Phi) is 4.90. The normalized spacial score (nSPS) is 11.2. The zero-order valence-corrected chi connectivity index (χ0v) is 13.6. The van der Waals surface area contributed by atoms with E-state index >= 15 is 0 Å². The molecule has 0 aliphatic heterocycles. The van der Waals surface area contributed by atoms with Gasteiger partial charge in [-0.15, -0.1) is 0 Å². The van der Waals surface area contributed by atoms with E-state index in [2.05, 4.69) is 9.97 Å². The molecule has 0 saturated heterocycles. The first-order valence-corrected chi connectivity index (χ1v) is 6.90. The molecule has 1 aromatic heterocycles. The van der Waals surface area contributed by atoms with Crippen molar-refractivity contribution in [2.75, 3.05) is 32.8 Å². The van der Waals surface area contributed by atoms with E-state index in [1.54, 1.807) is 27.5 Å². The molecule has 0 aliphatic carbocycles. The summed E-state index contributed by atoms with van der Waals surface area (Å²) in [7, 11) is 4.69. The average Bonchev–Trinajstić information content (AvgIpc) is 2.56. The van der Waals surface area contributed by atoms with Crippen LogP contribution in [0.3, 0.4) is 0 Å². The molecule has 0 radical (unpaired) electrons. The number of hydrogen-bond donors (Lipinski definition) is 2. The van der Waals surface area contributed by atoms with Crippen molar-refractivity contribution in [3.8, 4) is 17.2 Å². The van der Waals surface area contributed by atoms with Crippen molar-refractivity contribution in [1.29, 1.82) is 0 Å². The van der Waals surface area contributed by atoms with Crippen LogP contribution in [0.4, 0.5) is 11.8 Å². The molecule has 4 N–H and O–H groups in total. The first-order valence-electron chi connectivity index (χ1n) is 6.90. The van der Waals surface area contributed by atoms with Gasteiger partial charge in [-0.25, -0.2) is 4.98 Å². The third kappa shape index (κ3) is 3.13. The summed E-state index contributed by atoms with van der Waals surface area (Å²) < 4.78 is 16.1. The second-order valence-corrected chi connectivity index (χ2v) is 4.64. The van der Waals surface area contributed by atoms with Crippen LogP contribution in [-0.4, -0.2) is 31.3 Å². The van der Waals surface area contributed by atoms with Gasteiger partial charge in [-0.2, -0.15) is 4.98 Å². The number of rotatable bonds is 5. The molecule has 23 heavy (non-hydrogen) atoms. The summed E-state index contributed by atoms with van der Waals surface area (Å²) in [4.78, 5) is 8.02. The number of methoxy groups -OCH3 is 3. The molecule has 122 valence electrons. The molecule has 1 heterocycles. The molecule has 7 heteroatoms. The van der Waals surface area contributed by atoms with Gasteiger partial charge in [0.05, 0.1) is 21.3 Å². The van der Waals surface area contributed by atoms with E-state index in [9.17, 15) is 0 Å². The fourth-order valence-corrected chi connectivity index (χ4v) is 2.33. The molecule has 0 amide bonds. The smallest absolute Gasteiger partial charge is 0.221 e. The molecule has 0 aliphatic rings. The van der Waals surface area contributed by atoms with Crippen molar-refractivity contribution in [3.05, 3.63) is 35.5 Å². The molecule has 1 aromatic carbocycles. The van der Waals surface area contributed by atoms with Crippen molar-refractivity contribution in [1.82, 2.24) is 9.97 Å². The van der Waals surface area contributed by atoms with Gasteiger partial charge in [-0.05, 0) is 30.2 Å². The molecule has 0 fully saturated rings. The lowest BCUT2D eigenvalue weighted by Crippen LogP contribution is -2.04. The third-order valence-corrected chi connectivity index (χ3v) is 3.39. The molecule has 0 saturated carbocycles. The van der Waals surface area contributed by atoms with E-state index in [0.717, 1.165) is 11.1 Å². The summed E-state index contributed by atoms with van der Waals surface area (Å²) in [5.74, 6) is 2.06. The summed E-state index contributed by atoms with van der Waals surface area (Å²) in [5.41, 5.74) is 13.9.